The van der Waals surface area contributed by atoms with Gasteiger partial charge in [-0.15, -0.1) is 5.10 Å². The van der Waals surface area contributed by atoms with Gasteiger partial charge in [-0.05, 0) is 30.7 Å². The first-order valence-electron chi connectivity index (χ1n) is 7.63. The lowest BCUT2D eigenvalue weighted by Crippen LogP contribution is -2.16. The molecule has 1 N–H and O–H groups in total. The van der Waals surface area contributed by atoms with Crippen LogP contribution in [0.25, 0.3) is 0 Å². The number of hydrogen-bond donors (Lipinski definition) is 1. The summed E-state index contributed by atoms with van der Waals surface area (Å²) in [4.78, 5) is 16.0. The van der Waals surface area contributed by atoms with Gasteiger partial charge in [0, 0.05) is 29.9 Å². The summed E-state index contributed by atoms with van der Waals surface area (Å²) in [6, 6.07) is 6.04. The van der Waals surface area contributed by atoms with Gasteiger partial charge in [0.2, 0.25) is 11.9 Å². The molecule has 0 radical (unpaired) electrons. The van der Waals surface area contributed by atoms with Gasteiger partial charge in [0.15, 0.2) is 0 Å². The van der Waals surface area contributed by atoms with Crippen molar-refractivity contribution in [1.29, 1.82) is 0 Å². The average Bonchev–Trinajstić information content (AvgIpc) is 3.17. The largest absolute Gasteiger partial charge is 0.293 e. The van der Waals surface area contributed by atoms with E-state index in [1.54, 1.807) is 16.9 Å². The first kappa shape index (κ1) is 17.1. The number of nitrogens with one attached hydrogen (secondary N) is 1. The second-order valence-electron chi connectivity index (χ2n) is 5.50. The van der Waals surface area contributed by atoms with Gasteiger partial charge in [0.1, 0.15) is 12.1 Å². The maximum absolute atomic E-state index is 13.1. The fourth-order valence-electron chi connectivity index (χ4n) is 2.28. The van der Waals surface area contributed by atoms with E-state index in [4.69, 9.17) is 11.6 Å². The molecule has 130 valence electrons. The monoisotopic (exact) mass is 362 g/mol. The van der Waals surface area contributed by atoms with E-state index in [1.165, 1.54) is 23.1 Å². The third kappa shape index (κ3) is 4.42. The van der Waals surface area contributed by atoms with Gasteiger partial charge in [-0.25, -0.2) is 14.1 Å². The molecule has 25 heavy (non-hydrogen) atoms. The Morgan fingerprint density at radius 3 is 2.92 bits per heavy atom. The second kappa shape index (κ2) is 7.43. The second-order valence-corrected chi connectivity index (χ2v) is 5.90. The van der Waals surface area contributed by atoms with Gasteiger partial charge < -0.3 is 0 Å². The molecule has 2 aromatic heterocycles. The number of hydrogen-bond acceptors (Lipinski definition) is 4. The lowest BCUT2D eigenvalue weighted by Gasteiger charge is -2.05. The Kier molecular flexibility index (Phi) is 5.08. The molecule has 2 heterocycles. The molecule has 0 saturated heterocycles. The number of aromatic nitrogens is 5. The standard InChI is InChI=1S/C16H16ClFN6O/c1-11-4-6-20-24(11)7-5-15(25)21-16-19-10-23(22-16)9-12-2-3-13(18)8-14(12)17/h2-4,6,8,10H,5,7,9H2,1H3,(H,21,22,25). The Bertz CT molecular complexity index is 890. The Balaban J connectivity index is 1.56. The first-order valence-corrected chi connectivity index (χ1v) is 8.01. The summed E-state index contributed by atoms with van der Waals surface area (Å²) in [6.45, 7) is 2.74. The van der Waals surface area contributed by atoms with E-state index in [9.17, 15) is 9.18 Å². The molecule has 0 aliphatic rings. The Morgan fingerprint density at radius 1 is 1.36 bits per heavy atom. The molecule has 0 fully saturated rings. The summed E-state index contributed by atoms with van der Waals surface area (Å²) in [5.74, 6) is -0.388. The molecule has 9 heteroatoms. The maximum Gasteiger partial charge on any atom is 0.248 e. The molecule has 1 aromatic carbocycles. The van der Waals surface area contributed by atoms with Crippen LogP contribution in [-0.2, 0) is 17.9 Å². The van der Waals surface area contributed by atoms with Crippen molar-refractivity contribution in [3.8, 4) is 0 Å². The number of anilines is 1. The number of nitrogens with zero attached hydrogens (tertiary/aromatic N) is 5. The van der Waals surface area contributed by atoms with Gasteiger partial charge in [-0.3, -0.25) is 14.8 Å². The third-order valence-corrected chi connectivity index (χ3v) is 3.97. The normalized spacial score (nSPS) is 10.8. The van der Waals surface area contributed by atoms with Crippen LogP contribution in [0.1, 0.15) is 17.7 Å². The smallest absolute Gasteiger partial charge is 0.248 e. The fraction of sp³-hybridized carbons (Fsp3) is 0.250. The minimum atomic E-state index is -0.396. The minimum absolute atomic E-state index is 0.201. The highest BCUT2D eigenvalue weighted by Crippen LogP contribution is 2.18. The zero-order valence-corrected chi connectivity index (χ0v) is 14.2. The maximum atomic E-state index is 13.1. The molecule has 0 atom stereocenters. The van der Waals surface area contributed by atoms with Crippen molar-refractivity contribution in [2.24, 2.45) is 0 Å². The van der Waals surface area contributed by atoms with Crippen LogP contribution in [0.2, 0.25) is 5.02 Å². The van der Waals surface area contributed by atoms with E-state index in [1.807, 2.05) is 13.0 Å². The number of aryl methyl sites for hydroxylation is 2. The van der Waals surface area contributed by atoms with Crippen molar-refractivity contribution in [2.75, 3.05) is 5.32 Å². The van der Waals surface area contributed by atoms with Crippen LogP contribution >= 0.6 is 11.6 Å². The van der Waals surface area contributed by atoms with E-state index >= 15 is 0 Å². The molecule has 3 rings (SSSR count). The lowest BCUT2D eigenvalue weighted by molar-refractivity contribution is -0.116. The quantitative estimate of drug-likeness (QED) is 0.731. The number of carbonyl (C=O) groups is 1. The van der Waals surface area contributed by atoms with Gasteiger partial charge in [-0.2, -0.15) is 5.10 Å². The third-order valence-electron chi connectivity index (χ3n) is 3.61. The summed E-state index contributed by atoms with van der Waals surface area (Å²) < 4.78 is 16.3. The summed E-state index contributed by atoms with van der Waals surface area (Å²) in [7, 11) is 0. The van der Waals surface area contributed by atoms with Crippen molar-refractivity contribution >= 4 is 23.5 Å². The van der Waals surface area contributed by atoms with Crippen molar-refractivity contribution < 1.29 is 9.18 Å². The van der Waals surface area contributed by atoms with Crippen molar-refractivity contribution in [1.82, 2.24) is 24.5 Å². The molecule has 0 unspecified atom stereocenters. The molecule has 0 bridgehead atoms. The SMILES string of the molecule is Cc1ccnn1CCC(=O)Nc1ncn(Cc2ccc(F)cc2Cl)n1. The predicted octanol–water partition coefficient (Wildman–Crippen LogP) is 2.65. The number of rotatable bonds is 6. The summed E-state index contributed by atoms with van der Waals surface area (Å²) in [5, 5.41) is 11.2. The minimum Gasteiger partial charge on any atom is -0.293 e. The zero-order chi connectivity index (χ0) is 17.8. The van der Waals surface area contributed by atoms with Crippen LogP contribution < -0.4 is 5.32 Å². The Hall–Kier alpha value is -2.74. The number of amides is 1. The van der Waals surface area contributed by atoms with Crippen LogP contribution in [0.5, 0.6) is 0 Å². The Labute approximate surface area is 148 Å². The van der Waals surface area contributed by atoms with Gasteiger partial charge in [0.05, 0.1) is 6.54 Å². The number of halogens is 2. The first-order chi connectivity index (χ1) is 12.0. The molecular weight excluding hydrogens is 347 g/mol. The van der Waals surface area contributed by atoms with E-state index in [2.05, 4.69) is 20.5 Å². The van der Waals surface area contributed by atoms with Crippen LogP contribution in [0.4, 0.5) is 10.3 Å². The topological polar surface area (TPSA) is 77.6 Å². The van der Waals surface area contributed by atoms with Crippen LogP contribution in [0.3, 0.4) is 0 Å². The number of benzene rings is 1. The predicted molar refractivity (Wildman–Crippen MR) is 90.7 cm³/mol. The van der Waals surface area contributed by atoms with Crippen molar-refractivity contribution in [3.05, 3.63) is 58.9 Å². The molecule has 3 aromatic rings. The highest BCUT2D eigenvalue weighted by atomic mass is 35.5. The van der Waals surface area contributed by atoms with Gasteiger partial charge >= 0.3 is 0 Å². The van der Waals surface area contributed by atoms with Crippen LogP contribution in [0.15, 0.2) is 36.8 Å². The molecule has 0 aliphatic heterocycles. The highest BCUT2D eigenvalue weighted by Gasteiger charge is 2.09. The average molecular weight is 363 g/mol. The van der Waals surface area contributed by atoms with Crippen LogP contribution in [-0.4, -0.2) is 30.5 Å². The number of carbonyl (C=O) groups excluding carboxylic acids is 1. The molecule has 0 spiro atoms. The summed E-state index contributed by atoms with van der Waals surface area (Å²) in [6.07, 6.45) is 3.44. The van der Waals surface area contributed by atoms with Crippen molar-refractivity contribution in [3.63, 3.8) is 0 Å². The zero-order valence-electron chi connectivity index (χ0n) is 13.5. The van der Waals surface area contributed by atoms with E-state index in [0.717, 1.165) is 5.69 Å². The lowest BCUT2D eigenvalue weighted by atomic mass is 10.2. The van der Waals surface area contributed by atoms with Crippen LogP contribution in [0, 0.1) is 12.7 Å². The highest BCUT2D eigenvalue weighted by molar-refractivity contribution is 6.31. The molecule has 0 aliphatic carbocycles. The van der Waals surface area contributed by atoms with E-state index in [0.29, 0.717) is 23.7 Å². The molecule has 1 amide bonds. The van der Waals surface area contributed by atoms with E-state index in [-0.39, 0.29) is 18.3 Å². The Morgan fingerprint density at radius 2 is 2.20 bits per heavy atom. The fourth-order valence-corrected chi connectivity index (χ4v) is 2.51. The van der Waals surface area contributed by atoms with E-state index < -0.39 is 5.82 Å². The van der Waals surface area contributed by atoms with Gasteiger partial charge in [-0.1, -0.05) is 17.7 Å². The summed E-state index contributed by atoms with van der Waals surface area (Å²) >= 11 is 5.99. The summed E-state index contributed by atoms with van der Waals surface area (Å²) in [5.41, 5.74) is 1.70. The molecule has 7 nitrogen and oxygen atoms in total. The molecular formula is C16H16ClFN6O. The molecule has 0 saturated carbocycles. The van der Waals surface area contributed by atoms with Crippen molar-refractivity contribution in [2.45, 2.75) is 26.4 Å². The van der Waals surface area contributed by atoms with Gasteiger partial charge in [0.25, 0.3) is 0 Å².